The number of nitrogens with one attached hydrogen (secondary N) is 1. The minimum absolute atomic E-state index is 0.0924. The van der Waals surface area contributed by atoms with Crippen LogP contribution in [0.2, 0.25) is 0 Å². The highest BCUT2D eigenvalue weighted by atomic mass is 16.6. The molecule has 0 saturated heterocycles. The van der Waals surface area contributed by atoms with Crippen molar-refractivity contribution >= 4 is 28.3 Å². The van der Waals surface area contributed by atoms with Crippen molar-refractivity contribution in [3.05, 3.63) is 94.7 Å². The fourth-order valence-corrected chi connectivity index (χ4v) is 2.88. The number of carbonyl (C=O) groups is 1. The van der Waals surface area contributed by atoms with E-state index in [2.05, 4.69) is 5.32 Å². The van der Waals surface area contributed by atoms with Gasteiger partial charge in [0.25, 0.3) is 11.6 Å². The van der Waals surface area contributed by atoms with Crippen molar-refractivity contribution in [2.45, 2.75) is 0 Å². The second-order valence-corrected chi connectivity index (χ2v) is 5.98. The minimum atomic E-state index is -0.504. The molecule has 1 aromatic heterocycles. The van der Waals surface area contributed by atoms with Crippen LogP contribution in [0, 0.1) is 10.1 Å². The van der Waals surface area contributed by atoms with Crippen LogP contribution in [-0.4, -0.2) is 10.8 Å². The second-order valence-electron chi connectivity index (χ2n) is 5.98. The zero-order valence-electron chi connectivity index (χ0n) is 14.1. The summed E-state index contributed by atoms with van der Waals surface area (Å²) in [5.41, 5.74) is 3.33. The second kappa shape index (κ2) is 6.76. The summed E-state index contributed by atoms with van der Waals surface area (Å²) < 4.78 is 5.34. The van der Waals surface area contributed by atoms with Crippen LogP contribution >= 0.6 is 0 Å². The summed E-state index contributed by atoms with van der Waals surface area (Å²) in [7, 11) is 0. The molecule has 3 aromatic carbocycles. The summed E-state index contributed by atoms with van der Waals surface area (Å²) >= 11 is 0. The first-order valence-electron chi connectivity index (χ1n) is 8.24. The summed E-state index contributed by atoms with van der Waals surface area (Å²) in [6.45, 7) is 0. The third-order valence-corrected chi connectivity index (χ3v) is 4.26. The van der Waals surface area contributed by atoms with E-state index < -0.39 is 4.92 Å². The van der Waals surface area contributed by atoms with Gasteiger partial charge in [0.2, 0.25) is 0 Å². The minimum Gasteiger partial charge on any atom is -0.463 e. The van der Waals surface area contributed by atoms with Gasteiger partial charge in [-0.05, 0) is 29.3 Å². The lowest BCUT2D eigenvalue weighted by Crippen LogP contribution is -2.11. The first-order valence-corrected chi connectivity index (χ1v) is 8.24. The molecule has 1 heterocycles. The Bertz CT molecular complexity index is 1130. The van der Waals surface area contributed by atoms with E-state index in [1.165, 1.54) is 24.5 Å². The Morgan fingerprint density at radius 3 is 2.33 bits per heavy atom. The normalized spacial score (nSPS) is 10.7. The fraction of sp³-hybridized carbons (Fsp3) is 0. The average molecular weight is 358 g/mol. The van der Waals surface area contributed by atoms with Crippen molar-refractivity contribution in [2.75, 3.05) is 5.32 Å². The zero-order chi connectivity index (χ0) is 18.8. The summed E-state index contributed by atoms with van der Waals surface area (Å²) in [5.74, 6) is -0.387. The molecule has 6 nitrogen and oxygen atoms in total. The number of rotatable bonds is 4. The molecule has 0 unspecified atom stereocenters. The first kappa shape index (κ1) is 16.5. The van der Waals surface area contributed by atoms with E-state index in [4.69, 9.17) is 4.42 Å². The Morgan fingerprint density at radius 1 is 0.926 bits per heavy atom. The number of nitro groups is 1. The van der Waals surface area contributed by atoms with Crippen molar-refractivity contribution in [3.8, 4) is 11.1 Å². The van der Waals surface area contributed by atoms with Gasteiger partial charge in [-0.25, -0.2) is 0 Å². The molecule has 27 heavy (non-hydrogen) atoms. The molecule has 1 amide bonds. The molecule has 0 aliphatic rings. The van der Waals surface area contributed by atoms with Crippen LogP contribution in [0.5, 0.6) is 0 Å². The maximum Gasteiger partial charge on any atom is 0.270 e. The molecule has 132 valence electrons. The van der Waals surface area contributed by atoms with E-state index in [1.807, 2.05) is 54.6 Å². The van der Waals surface area contributed by atoms with Gasteiger partial charge in [-0.3, -0.25) is 14.9 Å². The smallest absolute Gasteiger partial charge is 0.270 e. The van der Waals surface area contributed by atoms with Crippen LogP contribution < -0.4 is 5.32 Å². The Morgan fingerprint density at radius 2 is 1.63 bits per heavy atom. The standard InChI is InChI=1S/C21H14N2O4/c24-21(19-13-27-20-11-10-17(23(25)26)12-18(19)20)22-16-8-6-15(7-9-16)14-4-2-1-3-5-14/h1-13H,(H,22,24). The van der Waals surface area contributed by atoms with E-state index in [0.29, 0.717) is 16.7 Å². The molecule has 0 bridgehead atoms. The van der Waals surface area contributed by atoms with Crippen molar-refractivity contribution in [1.82, 2.24) is 0 Å². The molecular formula is C21H14N2O4. The molecule has 4 rings (SSSR count). The number of furan rings is 1. The van der Waals surface area contributed by atoms with Gasteiger partial charge in [0, 0.05) is 23.2 Å². The topological polar surface area (TPSA) is 85.4 Å². The SMILES string of the molecule is O=C(Nc1ccc(-c2ccccc2)cc1)c1coc2ccc([N+](=O)[O-])cc12. The summed E-state index contributed by atoms with van der Waals surface area (Å²) in [5, 5.41) is 14.2. The summed E-state index contributed by atoms with van der Waals surface area (Å²) in [4.78, 5) is 23.0. The maximum absolute atomic E-state index is 12.6. The highest BCUT2D eigenvalue weighted by Crippen LogP contribution is 2.27. The Balaban J connectivity index is 1.58. The molecule has 4 aromatic rings. The number of nitrogens with zero attached hydrogens (tertiary/aromatic N) is 1. The Kier molecular flexibility index (Phi) is 4.14. The Labute approximate surface area is 154 Å². The summed E-state index contributed by atoms with van der Waals surface area (Å²) in [6, 6.07) is 21.5. The van der Waals surface area contributed by atoms with E-state index in [9.17, 15) is 14.9 Å². The number of hydrogen-bond donors (Lipinski definition) is 1. The molecule has 0 aliphatic carbocycles. The summed E-state index contributed by atoms with van der Waals surface area (Å²) in [6.07, 6.45) is 1.31. The van der Waals surface area contributed by atoms with Gasteiger partial charge in [0.1, 0.15) is 11.8 Å². The number of anilines is 1. The monoisotopic (exact) mass is 358 g/mol. The number of amides is 1. The molecule has 0 atom stereocenters. The zero-order valence-corrected chi connectivity index (χ0v) is 14.1. The first-order chi connectivity index (χ1) is 13.1. The lowest BCUT2D eigenvalue weighted by Gasteiger charge is -2.06. The third-order valence-electron chi connectivity index (χ3n) is 4.26. The van der Waals surface area contributed by atoms with Crippen LogP contribution in [0.15, 0.2) is 83.5 Å². The number of fused-ring (bicyclic) bond motifs is 1. The molecule has 0 saturated carbocycles. The van der Waals surface area contributed by atoms with Gasteiger partial charge in [-0.15, -0.1) is 0 Å². The molecule has 0 fully saturated rings. The molecule has 0 aliphatic heterocycles. The number of benzene rings is 3. The van der Waals surface area contributed by atoms with E-state index in [0.717, 1.165) is 11.1 Å². The van der Waals surface area contributed by atoms with Crippen molar-refractivity contribution in [2.24, 2.45) is 0 Å². The number of non-ortho nitro benzene ring substituents is 1. The van der Waals surface area contributed by atoms with Gasteiger partial charge < -0.3 is 9.73 Å². The fourth-order valence-electron chi connectivity index (χ4n) is 2.88. The largest absolute Gasteiger partial charge is 0.463 e. The van der Waals surface area contributed by atoms with Crippen LogP contribution in [0.3, 0.4) is 0 Å². The van der Waals surface area contributed by atoms with E-state index in [1.54, 1.807) is 0 Å². The van der Waals surface area contributed by atoms with Crippen molar-refractivity contribution < 1.29 is 14.1 Å². The molecule has 6 heteroatoms. The van der Waals surface area contributed by atoms with Crippen LogP contribution in [0.1, 0.15) is 10.4 Å². The quantitative estimate of drug-likeness (QED) is 0.398. The number of nitro benzene ring substituents is 1. The molecule has 0 radical (unpaired) electrons. The maximum atomic E-state index is 12.6. The van der Waals surface area contributed by atoms with E-state index >= 15 is 0 Å². The van der Waals surface area contributed by atoms with Crippen molar-refractivity contribution in [1.29, 1.82) is 0 Å². The van der Waals surface area contributed by atoms with E-state index in [-0.39, 0.29) is 17.2 Å². The lowest BCUT2D eigenvalue weighted by atomic mass is 10.1. The van der Waals surface area contributed by atoms with Gasteiger partial charge in [0.05, 0.1) is 10.5 Å². The van der Waals surface area contributed by atoms with Gasteiger partial charge in [0.15, 0.2) is 0 Å². The average Bonchev–Trinajstić information content (AvgIpc) is 3.12. The number of hydrogen-bond acceptors (Lipinski definition) is 4. The van der Waals surface area contributed by atoms with Crippen molar-refractivity contribution in [3.63, 3.8) is 0 Å². The molecule has 1 N–H and O–H groups in total. The van der Waals surface area contributed by atoms with Crippen LogP contribution in [0.4, 0.5) is 11.4 Å². The number of carbonyl (C=O) groups excluding carboxylic acids is 1. The predicted molar refractivity (Wildman–Crippen MR) is 103 cm³/mol. The van der Waals surface area contributed by atoms with Gasteiger partial charge in [-0.1, -0.05) is 42.5 Å². The highest BCUT2D eigenvalue weighted by molar-refractivity contribution is 6.12. The highest BCUT2D eigenvalue weighted by Gasteiger charge is 2.17. The Hall–Kier alpha value is -3.93. The van der Waals surface area contributed by atoms with Crippen LogP contribution in [0.25, 0.3) is 22.1 Å². The molecular weight excluding hydrogens is 344 g/mol. The van der Waals surface area contributed by atoms with Gasteiger partial charge >= 0.3 is 0 Å². The third kappa shape index (κ3) is 3.28. The van der Waals surface area contributed by atoms with Crippen LogP contribution in [-0.2, 0) is 0 Å². The molecule has 0 spiro atoms. The lowest BCUT2D eigenvalue weighted by molar-refractivity contribution is -0.384. The predicted octanol–water partition coefficient (Wildman–Crippen LogP) is 5.26. The van der Waals surface area contributed by atoms with Gasteiger partial charge in [-0.2, -0.15) is 0 Å².